The lowest BCUT2D eigenvalue weighted by atomic mass is 9.95. The van der Waals surface area contributed by atoms with E-state index in [-0.39, 0.29) is 24.4 Å². The summed E-state index contributed by atoms with van der Waals surface area (Å²) in [6.45, 7) is -0.0384. The summed E-state index contributed by atoms with van der Waals surface area (Å²) >= 11 is 0. The molecule has 3 heterocycles. The van der Waals surface area contributed by atoms with E-state index in [1.165, 1.54) is 39.2 Å². The number of fused-ring (bicyclic) bond motifs is 3. The number of hydrogen-bond acceptors (Lipinski definition) is 4. The number of imidazole rings is 1. The minimum absolute atomic E-state index is 0.0328. The second-order valence-electron chi connectivity index (χ2n) is 10.8. The fourth-order valence-electron chi connectivity index (χ4n) is 5.80. The van der Waals surface area contributed by atoms with Gasteiger partial charge in [-0.25, -0.2) is 22.2 Å². The van der Waals surface area contributed by atoms with Gasteiger partial charge in [-0.2, -0.15) is 4.31 Å². The Kier molecular flexibility index (Phi) is 6.95. The molecule has 0 saturated carbocycles. The Morgan fingerprint density at radius 2 is 1.55 bits per heavy atom. The highest BCUT2D eigenvalue weighted by Gasteiger charge is 2.39. The molecule has 7 nitrogen and oxygen atoms in total. The number of halogens is 2. The van der Waals surface area contributed by atoms with Crippen molar-refractivity contribution in [3.8, 4) is 11.3 Å². The van der Waals surface area contributed by atoms with E-state index in [9.17, 15) is 22.0 Å². The van der Waals surface area contributed by atoms with Crippen LogP contribution in [0.1, 0.15) is 16.8 Å². The molecule has 0 aliphatic carbocycles. The molecule has 1 aliphatic heterocycles. The third-order valence-corrected chi connectivity index (χ3v) is 9.92. The Hall–Kier alpha value is -4.93. The van der Waals surface area contributed by atoms with Crippen LogP contribution in [0.2, 0.25) is 0 Å². The van der Waals surface area contributed by atoms with Crippen molar-refractivity contribution in [3.63, 3.8) is 0 Å². The van der Waals surface area contributed by atoms with Crippen LogP contribution in [0.25, 0.3) is 27.7 Å². The summed E-state index contributed by atoms with van der Waals surface area (Å²) < 4.78 is 59.0. The first-order valence-electron chi connectivity index (χ1n) is 14.1. The van der Waals surface area contributed by atoms with Crippen LogP contribution in [-0.2, 0) is 34.3 Å². The summed E-state index contributed by atoms with van der Waals surface area (Å²) in [5, 5.41) is 4.59. The number of carbonyl (C=O) groups excluding carboxylic acids is 1. The number of nitrogens with zero attached hydrogens (tertiary/aromatic N) is 3. The number of hydrogen-bond donors (Lipinski definition) is 1. The molecule has 1 amide bonds. The lowest BCUT2D eigenvalue weighted by molar-refractivity contribution is -0.125. The second-order valence-corrected chi connectivity index (χ2v) is 12.6. The Bertz CT molecular complexity index is 2160. The highest BCUT2D eigenvalue weighted by Crippen LogP contribution is 2.31. The van der Waals surface area contributed by atoms with Gasteiger partial charge in [0.2, 0.25) is 15.9 Å². The molecular formula is C34H26F2N4O3S. The van der Waals surface area contributed by atoms with Crippen LogP contribution in [0.15, 0.2) is 114 Å². The van der Waals surface area contributed by atoms with Gasteiger partial charge in [0.05, 0.1) is 22.8 Å². The van der Waals surface area contributed by atoms with Gasteiger partial charge in [-0.05, 0) is 76.9 Å². The monoisotopic (exact) mass is 608 g/mol. The summed E-state index contributed by atoms with van der Waals surface area (Å²) in [6, 6.07) is 27.4. The van der Waals surface area contributed by atoms with Crippen molar-refractivity contribution < 1.29 is 22.0 Å². The van der Waals surface area contributed by atoms with Crippen LogP contribution in [0, 0.1) is 11.6 Å². The zero-order chi connectivity index (χ0) is 30.4. The fourth-order valence-corrected chi connectivity index (χ4v) is 7.40. The average Bonchev–Trinajstić information content (AvgIpc) is 3.40. The van der Waals surface area contributed by atoms with E-state index in [0.717, 1.165) is 21.9 Å². The van der Waals surface area contributed by atoms with Crippen molar-refractivity contribution in [3.05, 3.63) is 138 Å². The number of aromatic nitrogens is 2. The Labute approximate surface area is 252 Å². The maximum absolute atomic E-state index is 14.3. The van der Waals surface area contributed by atoms with E-state index in [0.29, 0.717) is 22.6 Å². The molecule has 1 unspecified atom stereocenters. The molecule has 220 valence electrons. The molecule has 0 fully saturated rings. The summed E-state index contributed by atoms with van der Waals surface area (Å²) in [5.41, 5.74) is 3.68. The SMILES string of the molecule is O=C(NCc1c(-c2ccc(F)cc2)nc2ccc(F)cn12)C1Cc2ccccc2CN1S(=O)(=O)c1ccc2ccccc2c1. The van der Waals surface area contributed by atoms with E-state index in [1.54, 1.807) is 30.3 Å². The van der Waals surface area contributed by atoms with Crippen molar-refractivity contribution >= 4 is 32.4 Å². The van der Waals surface area contributed by atoms with E-state index in [4.69, 9.17) is 0 Å². The van der Waals surface area contributed by atoms with Gasteiger partial charge in [0.25, 0.3) is 0 Å². The number of pyridine rings is 1. The van der Waals surface area contributed by atoms with Gasteiger partial charge in [0, 0.05) is 18.3 Å². The first-order valence-corrected chi connectivity index (χ1v) is 15.5. The highest BCUT2D eigenvalue weighted by atomic mass is 32.2. The van der Waals surface area contributed by atoms with Crippen LogP contribution in [-0.4, -0.2) is 34.1 Å². The van der Waals surface area contributed by atoms with Gasteiger partial charge in [-0.3, -0.25) is 9.20 Å². The topological polar surface area (TPSA) is 83.8 Å². The number of nitrogens with one attached hydrogen (secondary N) is 1. The maximum Gasteiger partial charge on any atom is 0.244 e. The predicted octanol–water partition coefficient (Wildman–Crippen LogP) is 5.86. The quantitative estimate of drug-likeness (QED) is 0.257. The van der Waals surface area contributed by atoms with Crippen molar-refractivity contribution in [1.29, 1.82) is 0 Å². The molecule has 1 atom stereocenters. The normalized spacial score (nSPS) is 15.4. The van der Waals surface area contributed by atoms with E-state index in [2.05, 4.69) is 10.3 Å². The summed E-state index contributed by atoms with van der Waals surface area (Å²) in [7, 11) is -4.09. The number of sulfonamides is 1. The standard InChI is InChI=1S/C34H26F2N4O3S/c35-27-12-9-23(10-13-27)33-31(39-21-28(36)14-16-32(39)38-33)19-37-34(41)30-18-25-7-3-4-8-26(25)20-40(30)44(42,43)29-15-11-22-5-1-2-6-24(22)17-29/h1-17,21,30H,18-20H2,(H,37,41). The predicted molar refractivity (Wildman–Crippen MR) is 163 cm³/mol. The minimum atomic E-state index is -4.09. The first kappa shape index (κ1) is 27.9. The van der Waals surface area contributed by atoms with Gasteiger partial charge in [-0.15, -0.1) is 0 Å². The molecule has 44 heavy (non-hydrogen) atoms. The zero-order valence-corrected chi connectivity index (χ0v) is 24.1. The summed E-state index contributed by atoms with van der Waals surface area (Å²) in [5.74, 6) is -1.41. The molecule has 2 aromatic heterocycles. The molecule has 4 aromatic carbocycles. The first-order chi connectivity index (χ1) is 21.3. The molecule has 7 rings (SSSR count). The zero-order valence-electron chi connectivity index (χ0n) is 23.3. The van der Waals surface area contributed by atoms with Crippen molar-refractivity contribution in [2.45, 2.75) is 30.4 Å². The number of benzene rings is 4. The molecule has 0 spiro atoms. The Morgan fingerprint density at radius 3 is 2.34 bits per heavy atom. The molecule has 10 heteroatoms. The Morgan fingerprint density at radius 1 is 0.841 bits per heavy atom. The largest absolute Gasteiger partial charge is 0.349 e. The van der Waals surface area contributed by atoms with Gasteiger partial charge in [0.1, 0.15) is 23.3 Å². The van der Waals surface area contributed by atoms with Gasteiger partial charge in [0.15, 0.2) is 0 Å². The fraction of sp³-hybridized carbons (Fsp3) is 0.118. The highest BCUT2D eigenvalue weighted by molar-refractivity contribution is 7.89. The van der Waals surface area contributed by atoms with Gasteiger partial charge >= 0.3 is 0 Å². The van der Waals surface area contributed by atoms with Gasteiger partial charge < -0.3 is 5.32 Å². The lowest BCUT2D eigenvalue weighted by Gasteiger charge is -2.35. The molecule has 1 aliphatic rings. The van der Waals surface area contributed by atoms with Gasteiger partial charge in [-0.1, -0.05) is 54.6 Å². The van der Waals surface area contributed by atoms with E-state index >= 15 is 0 Å². The van der Waals surface area contributed by atoms with E-state index in [1.807, 2.05) is 48.5 Å². The third-order valence-electron chi connectivity index (χ3n) is 8.06. The van der Waals surface area contributed by atoms with Crippen molar-refractivity contribution in [2.24, 2.45) is 0 Å². The number of carbonyl (C=O) groups is 1. The smallest absolute Gasteiger partial charge is 0.244 e. The molecule has 6 aromatic rings. The number of amides is 1. The summed E-state index contributed by atoms with van der Waals surface area (Å²) in [6.07, 6.45) is 1.45. The van der Waals surface area contributed by atoms with Crippen LogP contribution in [0.5, 0.6) is 0 Å². The molecule has 0 bridgehead atoms. The molecule has 0 radical (unpaired) electrons. The average molecular weight is 609 g/mol. The van der Waals surface area contributed by atoms with Crippen molar-refractivity contribution in [1.82, 2.24) is 19.0 Å². The Balaban J connectivity index is 1.24. The maximum atomic E-state index is 14.3. The third kappa shape index (κ3) is 5.01. The summed E-state index contributed by atoms with van der Waals surface area (Å²) in [4.78, 5) is 18.6. The van der Waals surface area contributed by atoms with Crippen LogP contribution < -0.4 is 5.32 Å². The molecular weight excluding hydrogens is 582 g/mol. The lowest BCUT2D eigenvalue weighted by Crippen LogP contribution is -2.52. The minimum Gasteiger partial charge on any atom is -0.349 e. The number of rotatable bonds is 6. The molecule has 1 N–H and O–H groups in total. The second kappa shape index (κ2) is 11.0. The molecule has 0 saturated heterocycles. The van der Waals surface area contributed by atoms with Crippen LogP contribution in [0.4, 0.5) is 8.78 Å². The van der Waals surface area contributed by atoms with Crippen LogP contribution >= 0.6 is 0 Å². The van der Waals surface area contributed by atoms with Crippen LogP contribution in [0.3, 0.4) is 0 Å². The van der Waals surface area contributed by atoms with E-state index < -0.39 is 33.6 Å². The van der Waals surface area contributed by atoms with Crippen molar-refractivity contribution in [2.75, 3.05) is 0 Å².